The van der Waals surface area contributed by atoms with Crippen LogP contribution in [-0.4, -0.2) is 54.3 Å². The zero-order valence-corrected chi connectivity index (χ0v) is 28.1. The number of nitrogens with zero attached hydrogens (tertiary/aromatic N) is 1. The molecular formula is C38H49N3O6. The molecule has 3 aromatic carbocycles. The summed E-state index contributed by atoms with van der Waals surface area (Å²) in [5.41, 5.74) is 3.39. The summed E-state index contributed by atoms with van der Waals surface area (Å²) in [5.74, 6) is 0.790. The molecule has 1 fully saturated rings. The molecule has 4 rings (SSSR count). The van der Waals surface area contributed by atoms with Gasteiger partial charge in [-0.25, -0.2) is 9.59 Å². The molecule has 0 spiro atoms. The predicted octanol–water partition coefficient (Wildman–Crippen LogP) is 6.96. The number of aryl methyl sites for hydroxylation is 2. The summed E-state index contributed by atoms with van der Waals surface area (Å²) >= 11 is 0. The fraction of sp³-hybridized carbons (Fsp3) is 0.447. The van der Waals surface area contributed by atoms with Gasteiger partial charge in [-0.1, -0.05) is 66.7 Å². The summed E-state index contributed by atoms with van der Waals surface area (Å²) in [6.07, 6.45) is 2.98. The fourth-order valence-corrected chi connectivity index (χ4v) is 5.50. The highest BCUT2D eigenvalue weighted by molar-refractivity contribution is 5.85. The van der Waals surface area contributed by atoms with E-state index in [0.717, 1.165) is 53.8 Å². The molecule has 2 N–H and O–H groups in total. The maximum atomic E-state index is 13.4. The third kappa shape index (κ3) is 12.3. The summed E-state index contributed by atoms with van der Waals surface area (Å²) in [4.78, 5) is 40.4. The van der Waals surface area contributed by atoms with Crippen molar-refractivity contribution in [2.75, 3.05) is 19.7 Å². The van der Waals surface area contributed by atoms with Crippen LogP contribution in [0.2, 0.25) is 0 Å². The third-order valence-corrected chi connectivity index (χ3v) is 8.13. The molecule has 47 heavy (non-hydrogen) atoms. The number of carbonyl (C=O) groups is 3. The molecule has 1 aliphatic heterocycles. The number of amides is 3. The van der Waals surface area contributed by atoms with Gasteiger partial charge in [0, 0.05) is 19.6 Å². The second-order valence-corrected chi connectivity index (χ2v) is 13.2. The van der Waals surface area contributed by atoms with Crippen LogP contribution in [0.15, 0.2) is 78.9 Å². The fourth-order valence-electron chi connectivity index (χ4n) is 5.50. The molecule has 0 radical (unpaired) electrons. The van der Waals surface area contributed by atoms with Crippen LogP contribution in [0.25, 0.3) is 0 Å². The number of likely N-dealkylation sites (tertiary alicyclic amines) is 1. The Morgan fingerprint density at radius 1 is 0.957 bits per heavy atom. The third-order valence-electron chi connectivity index (χ3n) is 8.13. The number of hydrogen-bond acceptors (Lipinski definition) is 6. The molecule has 3 aromatic rings. The Bertz CT molecular complexity index is 1440. The Kier molecular flexibility index (Phi) is 13.1. The first kappa shape index (κ1) is 35.3. The highest BCUT2D eigenvalue weighted by Gasteiger charge is 2.27. The van der Waals surface area contributed by atoms with Crippen LogP contribution in [0.3, 0.4) is 0 Å². The molecule has 0 bridgehead atoms. The van der Waals surface area contributed by atoms with Crippen molar-refractivity contribution in [1.29, 1.82) is 0 Å². The van der Waals surface area contributed by atoms with Gasteiger partial charge in [0.2, 0.25) is 5.91 Å². The number of carbonyl (C=O) groups excluding carboxylic acids is 3. The molecular weight excluding hydrogens is 594 g/mol. The molecule has 1 saturated heterocycles. The van der Waals surface area contributed by atoms with Gasteiger partial charge in [0.15, 0.2) is 0 Å². The van der Waals surface area contributed by atoms with Crippen molar-refractivity contribution < 1.29 is 28.6 Å². The lowest BCUT2D eigenvalue weighted by molar-refractivity contribution is -0.123. The zero-order valence-electron chi connectivity index (χ0n) is 28.1. The molecule has 3 amide bonds. The minimum atomic E-state index is -0.769. The highest BCUT2D eigenvalue weighted by Crippen LogP contribution is 2.23. The SMILES string of the molecule is Cc1ccc(OCCC2CCCN(C(=O)OC(C)(C)C)C2)cc1CNC(=O)C(CCc1ccccc1)NC(=O)OCc1ccccc1. The monoisotopic (exact) mass is 643 g/mol. The maximum absolute atomic E-state index is 13.4. The van der Waals surface area contributed by atoms with E-state index in [-0.39, 0.29) is 25.2 Å². The second kappa shape index (κ2) is 17.4. The molecule has 2 unspecified atom stereocenters. The van der Waals surface area contributed by atoms with Gasteiger partial charge in [-0.2, -0.15) is 0 Å². The minimum absolute atomic E-state index is 0.119. The van der Waals surface area contributed by atoms with Crippen molar-refractivity contribution in [1.82, 2.24) is 15.5 Å². The molecule has 252 valence electrons. The lowest BCUT2D eigenvalue weighted by atomic mass is 9.95. The molecule has 9 nitrogen and oxygen atoms in total. The van der Waals surface area contributed by atoms with E-state index < -0.39 is 17.7 Å². The summed E-state index contributed by atoms with van der Waals surface area (Å²) in [7, 11) is 0. The highest BCUT2D eigenvalue weighted by atomic mass is 16.6. The van der Waals surface area contributed by atoms with E-state index in [4.69, 9.17) is 14.2 Å². The van der Waals surface area contributed by atoms with Crippen LogP contribution in [0, 0.1) is 12.8 Å². The lowest BCUT2D eigenvalue weighted by Gasteiger charge is -2.34. The van der Waals surface area contributed by atoms with Gasteiger partial charge in [0.05, 0.1) is 6.61 Å². The number of piperidine rings is 1. The van der Waals surface area contributed by atoms with Gasteiger partial charge >= 0.3 is 12.2 Å². The van der Waals surface area contributed by atoms with Crippen molar-refractivity contribution in [3.63, 3.8) is 0 Å². The van der Waals surface area contributed by atoms with E-state index in [1.165, 1.54) is 0 Å². The van der Waals surface area contributed by atoms with E-state index >= 15 is 0 Å². The summed E-state index contributed by atoms with van der Waals surface area (Å²) in [6, 6.07) is 24.4. The first-order chi connectivity index (χ1) is 22.6. The van der Waals surface area contributed by atoms with Crippen molar-refractivity contribution in [3.05, 3.63) is 101 Å². The maximum Gasteiger partial charge on any atom is 0.410 e. The number of nitrogens with one attached hydrogen (secondary N) is 2. The average Bonchev–Trinajstić information content (AvgIpc) is 3.06. The Hall–Kier alpha value is -4.53. The normalized spacial score (nSPS) is 15.3. The number of alkyl carbamates (subject to hydrolysis) is 1. The zero-order chi connectivity index (χ0) is 33.6. The molecule has 0 saturated carbocycles. The first-order valence-corrected chi connectivity index (χ1v) is 16.5. The van der Waals surface area contributed by atoms with Crippen molar-refractivity contribution in [3.8, 4) is 5.75 Å². The van der Waals surface area contributed by atoms with Gasteiger partial charge in [0.1, 0.15) is 24.0 Å². The Morgan fingerprint density at radius 3 is 2.36 bits per heavy atom. The Labute approximate surface area is 279 Å². The van der Waals surface area contributed by atoms with E-state index in [1.807, 2.05) is 107 Å². The van der Waals surface area contributed by atoms with Crippen LogP contribution in [0.5, 0.6) is 5.75 Å². The van der Waals surface area contributed by atoms with Crippen LogP contribution in [-0.2, 0) is 33.8 Å². The second-order valence-electron chi connectivity index (χ2n) is 13.2. The van der Waals surface area contributed by atoms with Crippen molar-refractivity contribution >= 4 is 18.1 Å². The molecule has 2 atom stereocenters. The predicted molar refractivity (Wildman–Crippen MR) is 182 cm³/mol. The summed E-state index contributed by atoms with van der Waals surface area (Å²) in [6.45, 7) is 9.96. The van der Waals surface area contributed by atoms with E-state index in [2.05, 4.69) is 10.6 Å². The van der Waals surface area contributed by atoms with E-state index in [0.29, 0.717) is 31.9 Å². The average molecular weight is 644 g/mol. The van der Waals surface area contributed by atoms with Gasteiger partial charge < -0.3 is 29.7 Å². The van der Waals surface area contributed by atoms with Crippen LogP contribution in [0.4, 0.5) is 9.59 Å². The Balaban J connectivity index is 1.29. The quantitative estimate of drug-likeness (QED) is 0.209. The first-order valence-electron chi connectivity index (χ1n) is 16.5. The van der Waals surface area contributed by atoms with Crippen molar-refractivity contribution in [2.24, 2.45) is 5.92 Å². The van der Waals surface area contributed by atoms with Crippen LogP contribution in [0.1, 0.15) is 68.7 Å². The largest absolute Gasteiger partial charge is 0.494 e. The van der Waals surface area contributed by atoms with Gasteiger partial charge in [-0.15, -0.1) is 0 Å². The molecule has 0 aliphatic carbocycles. The topological polar surface area (TPSA) is 106 Å². The molecule has 1 aliphatic rings. The van der Waals surface area contributed by atoms with E-state index in [1.54, 1.807) is 4.90 Å². The lowest BCUT2D eigenvalue weighted by Crippen LogP contribution is -2.47. The number of rotatable bonds is 13. The van der Waals surface area contributed by atoms with Gasteiger partial charge in [0.25, 0.3) is 0 Å². The molecule has 1 heterocycles. The minimum Gasteiger partial charge on any atom is -0.494 e. The standard InChI is InChI=1S/C38H49N3O6/c1-28-17-19-33(45-23-21-30-16-11-22-41(26-30)37(44)47-38(2,3)4)24-32(28)25-39-35(42)34(20-18-29-12-7-5-8-13-29)40-36(43)46-27-31-14-9-6-10-15-31/h5-10,12-15,17,19,24,30,34H,11,16,18,20-23,25-27H2,1-4H3,(H,39,42)(H,40,43). The summed E-state index contributed by atoms with van der Waals surface area (Å²) < 4.78 is 17.1. The van der Waals surface area contributed by atoms with Crippen LogP contribution < -0.4 is 15.4 Å². The van der Waals surface area contributed by atoms with Crippen LogP contribution >= 0.6 is 0 Å². The number of hydrogen-bond donors (Lipinski definition) is 2. The number of benzene rings is 3. The molecule has 0 aromatic heterocycles. The Morgan fingerprint density at radius 2 is 1.66 bits per heavy atom. The van der Waals surface area contributed by atoms with Crippen molar-refractivity contribution in [2.45, 2.75) is 84.6 Å². The van der Waals surface area contributed by atoms with Gasteiger partial charge in [-0.05, 0) is 100 Å². The molecule has 9 heteroatoms. The summed E-state index contributed by atoms with van der Waals surface area (Å²) in [5, 5.41) is 5.78. The number of ether oxygens (including phenoxy) is 3. The van der Waals surface area contributed by atoms with Gasteiger partial charge in [-0.3, -0.25) is 4.79 Å². The van der Waals surface area contributed by atoms with E-state index in [9.17, 15) is 14.4 Å². The smallest absolute Gasteiger partial charge is 0.410 e.